The van der Waals surface area contributed by atoms with E-state index in [0.717, 1.165) is 12.0 Å². The number of ether oxygens (including phenoxy) is 1. The normalized spacial score (nSPS) is 9.74. The number of nitrogens with zero attached hydrogens (tertiary/aromatic N) is 1. The van der Waals surface area contributed by atoms with Gasteiger partial charge in [0, 0.05) is 6.54 Å². The molecule has 0 saturated carbocycles. The summed E-state index contributed by atoms with van der Waals surface area (Å²) in [6.45, 7) is 0.751. The van der Waals surface area contributed by atoms with Crippen molar-refractivity contribution >= 4 is 17.5 Å². The van der Waals surface area contributed by atoms with Gasteiger partial charge in [-0.2, -0.15) is 5.26 Å². The highest BCUT2D eigenvalue weighted by Crippen LogP contribution is 2.25. The molecule has 0 aliphatic heterocycles. The first-order valence-corrected chi connectivity index (χ1v) is 6.30. The molecule has 3 N–H and O–H groups in total. The fourth-order valence-corrected chi connectivity index (χ4v) is 1.69. The number of hydrogen-bond donors (Lipinski definition) is 2. The molecular formula is C13H16ClN3O2. The van der Waals surface area contributed by atoms with Gasteiger partial charge in [0.05, 0.1) is 17.5 Å². The maximum atomic E-state index is 11.4. The molecule has 0 fully saturated rings. The van der Waals surface area contributed by atoms with Gasteiger partial charge in [0.25, 0.3) is 5.91 Å². The highest BCUT2D eigenvalue weighted by molar-refractivity contribution is 6.32. The van der Waals surface area contributed by atoms with Crippen LogP contribution in [0, 0.1) is 11.3 Å². The highest BCUT2D eigenvalue weighted by Gasteiger charge is 2.06. The molecule has 0 heterocycles. The summed E-state index contributed by atoms with van der Waals surface area (Å²) in [4.78, 5) is 11.4. The summed E-state index contributed by atoms with van der Waals surface area (Å²) in [5.41, 5.74) is 6.48. The van der Waals surface area contributed by atoms with Crippen molar-refractivity contribution in [1.82, 2.24) is 5.32 Å². The number of halogens is 1. The zero-order valence-electron chi connectivity index (χ0n) is 10.5. The lowest BCUT2D eigenvalue weighted by atomic mass is 10.1. The van der Waals surface area contributed by atoms with E-state index in [-0.39, 0.29) is 18.9 Å². The number of nitrogens with one attached hydrogen (secondary N) is 1. The number of nitrogens with two attached hydrogens (primary N) is 1. The van der Waals surface area contributed by atoms with Crippen LogP contribution in [0.25, 0.3) is 0 Å². The standard InChI is InChI=1S/C13H16ClN3O2/c14-11-8-10(4-6-16)2-3-12(11)19-9-13(18)17-7-1-5-15/h2-3,8H,1,4,6-7,9,16H2,(H,17,18). The molecular weight excluding hydrogens is 266 g/mol. The van der Waals surface area contributed by atoms with Crippen molar-refractivity contribution < 1.29 is 9.53 Å². The zero-order chi connectivity index (χ0) is 14.1. The monoisotopic (exact) mass is 281 g/mol. The Morgan fingerprint density at radius 1 is 1.53 bits per heavy atom. The smallest absolute Gasteiger partial charge is 0.257 e. The van der Waals surface area contributed by atoms with Crippen molar-refractivity contribution in [1.29, 1.82) is 5.26 Å². The molecule has 102 valence electrons. The number of carbonyl (C=O) groups is 1. The first-order valence-electron chi connectivity index (χ1n) is 5.92. The number of nitriles is 1. The van der Waals surface area contributed by atoms with Crippen molar-refractivity contribution in [2.24, 2.45) is 5.73 Å². The molecule has 0 aromatic heterocycles. The fourth-order valence-electron chi connectivity index (χ4n) is 1.44. The average molecular weight is 282 g/mol. The van der Waals surface area contributed by atoms with Gasteiger partial charge in [0.1, 0.15) is 5.75 Å². The van der Waals surface area contributed by atoms with Crippen LogP contribution in [-0.4, -0.2) is 25.6 Å². The topological polar surface area (TPSA) is 88.1 Å². The number of benzene rings is 1. The minimum Gasteiger partial charge on any atom is -0.482 e. The van der Waals surface area contributed by atoms with Gasteiger partial charge < -0.3 is 15.8 Å². The van der Waals surface area contributed by atoms with Crippen LogP contribution in [0.1, 0.15) is 12.0 Å². The van der Waals surface area contributed by atoms with Gasteiger partial charge in [-0.3, -0.25) is 4.79 Å². The quantitative estimate of drug-likeness (QED) is 0.736. The zero-order valence-corrected chi connectivity index (χ0v) is 11.2. The van der Waals surface area contributed by atoms with E-state index in [4.69, 9.17) is 27.3 Å². The third kappa shape index (κ3) is 5.60. The Balaban J connectivity index is 2.45. The van der Waals surface area contributed by atoms with Gasteiger partial charge in [-0.15, -0.1) is 0 Å². The van der Waals surface area contributed by atoms with Gasteiger partial charge in [-0.05, 0) is 30.7 Å². The fraction of sp³-hybridized carbons (Fsp3) is 0.385. The molecule has 1 rings (SSSR count). The minimum atomic E-state index is -0.280. The molecule has 0 saturated heterocycles. The second-order valence-electron chi connectivity index (χ2n) is 3.85. The van der Waals surface area contributed by atoms with Crippen LogP contribution in [0.15, 0.2) is 18.2 Å². The Kier molecular flexibility index (Phi) is 6.72. The van der Waals surface area contributed by atoms with Gasteiger partial charge in [-0.25, -0.2) is 0 Å². The summed E-state index contributed by atoms with van der Waals surface area (Å²) in [6, 6.07) is 7.29. The summed E-state index contributed by atoms with van der Waals surface area (Å²) in [5.74, 6) is 0.176. The Hall–Kier alpha value is -1.77. The number of carbonyl (C=O) groups excluding carboxylic acids is 1. The molecule has 5 nitrogen and oxygen atoms in total. The first-order chi connectivity index (χ1) is 9.17. The van der Waals surface area contributed by atoms with E-state index in [2.05, 4.69) is 5.32 Å². The van der Waals surface area contributed by atoms with E-state index in [0.29, 0.717) is 23.9 Å². The van der Waals surface area contributed by atoms with E-state index in [9.17, 15) is 4.79 Å². The Bertz CT molecular complexity index is 471. The summed E-state index contributed by atoms with van der Waals surface area (Å²) in [5, 5.41) is 11.3. The second kappa shape index (κ2) is 8.35. The third-order valence-corrected chi connectivity index (χ3v) is 2.64. The molecule has 0 aliphatic carbocycles. The molecule has 1 aromatic rings. The van der Waals surface area contributed by atoms with E-state index >= 15 is 0 Å². The number of amides is 1. The third-order valence-electron chi connectivity index (χ3n) is 2.35. The van der Waals surface area contributed by atoms with Gasteiger partial charge >= 0.3 is 0 Å². The number of hydrogen-bond acceptors (Lipinski definition) is 4. The minimum absolute atomic E-state index is 0.124. The summed E-state index contributed by atoms with van der Waals surface area (Å²) in [7, 11) is 0. The van der Waals surface area contributed by atoms with Crippen molar-refractivity contribution in [3.63, 3.8) is 0 Å². The van der Waals surface area contributed by atoms with E-state index < -0.39 is 0 Å². The predicted molar refractivity (Wildman–Crippen MR) is 72.9 cm³/mol. The van der Waals surface area contributed by atoms with E-state index in [1.807, 2.05) is 12.1 Å². The number of rotatable bonds is 7. The molecule has 0 spiro atoms. The highest BCUT2D eigenvalue weighted by atomic mass is 35.5. The van der Waals surface area contributed by atoms with Gasteiger partial charge in [-0.1, -0.05) is 17.7 Å². The van der Waals surface area contributed by atoms with Crippen LogP contribution >= 0.6 is 11.6 Å². The summed E-state index contributed by atoms with van der Waals surface area (Å²) < 4.78 is 5.30. The molecule has 0 radical (unpaired) electrons. The average Bonchev–Trinajstić information content (AvgIpc) is 2.38. The lowest BCUT2D eigenvalue weighted by Gasteiger charge is -2.09. The molecule has 0 atom stereocenters. The molecule has 0 unspecified atom stereocenters. The van der Waals surface area contributed by atoms with Gasteiger partial charge in [0.15, 0.2) is 6.61 Å². The second-order valence-corrected chi connectivity index (χ2v) is 4.26. The van der Waals surface area contributed by atoms with E-state index in [1.54, 1.807) is 12.1 Å². The molecule has 0 bridgehead atoms. The largest absolute Gasteiger partial charge is 0.482 e. The van der Waals surface area contributed by atoms with E-state index in [1.165, 1.54) is 0 Å². The van der Waals surface area contributed by atoms with Crippen molar-refractivity contribution in [2.45, 2.75) is 12.8 Å². The SMILES string of the molecule is N#CCCNC(=O)COc1ccc(CCN)cc1Cl. The predicted octanol–water partition coefficient (Wildman–Crippen LogP) is 1.25. The maximum absolute atomic E-state index is 11.4. The molecule has 19 heavy (non-hydrogen) atoms. The Labute approximate surface area is 117 Å². The van der Waals surface area contributed by atoms with Crippen LogP contribution < -0.4 is 15.8 Å². The Morgan fingerprint density at radius 3 is 2.95 bits per heavy atom. The maximum Gasteiger partial charge on any atom is 0.257 e. The first kappa shape index (κ1) is 15.3. The lowest BCUT2D eigenvalue weighted by molar-refractivity contribution is -0.123. The summed E-state index contributed by atoms with van der Waals surface area (Å²) >= 11 is 6.03. The van der Waals surface area contributed by atoms with Crippen LogP contribution in [0.2, 0.25) is 5.02 Å². The molecule has 6 heteroatoms. The van der Waals surface area contributed by atoms with Crippen molar-refractivity contribution in [3.8, 4) is 11.8 Å². The van der Waals surface area contributed by atoms with Crippen LogP contribution in [-0.2, 0) is 11.2 Å². The van der Waals surface area contributed by atoms with Crippen molar-refractivity contribution in [2.75, 3.05) is 19.7 Å². The van der Waals surface area contributed by atoms with Gasteiger partial charge in [0.2, 0.25) is 0 Å². The molecule has 1 aromatic carbocycles. The Morgan fingerprint density at radius 2 is 2.32 bits per heavy atom. The molecule has 0 aliphatic rings. The van der Waals surface area contributed by atoms with Crippen molar-refractivity contribution in [3.05, 3.63) is 28.8 Å². The molecule has 1 amide bonds. The van der Waals surface area contributed by atoms with Crippen LogP contribution in [0.3, 0.4) is 0 Å². The van der Waals surface area contributed by atoms with Crippen LogP contribution in [0.4, 0.5) is 0 Å². The lowest BCUT2D eigenvalue weighted by Crippen LogP contribution is -2.29. The summed E-state index contributed by atoms with van der Waals surface area (Å²) in [6.07, 6.45) is 1.02. The van der Waals surface area contributed by atoms with Crippen LogP contribution in [0.5, 0.6) is 5.75 Å².